The van der Waals surface area contributed by atoms with Gasteiger partial charge in [0.15, 0.2) is 10.8 Å². The quantitative estimate of drug-likeness (QED) is 0.387. The van der Waals surface area contributed by atoms with Crippen molar-refractivity contribution in [2.45, 2.75) is 78.7 Å². The van der Waals surface area contributed by atoms with Gasteiger partial charge in [-0.1, -0.05) is 12.1 Å². The number of halogens is 1. The van der Waals surface area contributed by atoms with E-state index in [-0.39, 0.29) is 30.5 Å². The van der Waals surface area contributed by atoms with Crippen molar-refractivity contribution in [2.75, 3.05) is 45.9 Å². The second-order valence-corrected chi connectivity index (χ2v) is 14.7. The number of hydrogen-bond donors (Lipinski definition) is 1. The van der Waals surface area contributed by atoms with E-state index in [1.165, 1.54) is 17.4 Å². The molecule has 2 fully saturated rings. The van der Waals surface area contributed by atoms with Crippen molar-refractivity contribution < 1.29 is 28.2 Å². The number of carbonyl (C=O) groups excluding carboxylic acids is 2. The zero-order valence-corrected chi connectivity index (χ0v) is 28.7. The number of ether oxygens (including phenoxy) is 3. The van der Waals surface area contributed by atoms with Crippen LogP contribution in [0.4, 0.5) is 4.39 Å². The van der Waals surface area contributed by atoms with Gasteiger partial charge in [-0.25, -0.2) is 14.2 Å². The molecule has 3 atom stereocenters. The van der Waals surface area contributed by atoms with E-state index in [2.05, 4.69) is 20.1 Å². The fourth-order valence-electron chi connectivity index (χ4n) is 6.38. The molecule has 12 heteroatoms. The summed E-state index contributed by atoms with van der Waals surface area (Å²) in [6.45, 7) is 16.9. The lowest BCUT2D eigenvalue weighted by Crippen LogP contribution is -2.61. The maximum atomic E-state index is 14.8. The van der Waals surface area contributed by atoms with Crippen LogP contribution in [0.5, 0.6) is 0 Å². The Morgan fingerprint density at radius 3 is 2.67 bits per heavy atom. The van der Waals surface area contributed by atoms with Gasteiger partial charge in [-0.15, -0.1) is 11.3 Å². The smallest absolute Gasteiger partial charge is 0.338 e. The summed E-state index contributed by atoms with van der Waals surface area (Å²) in [5.74, 6) is -0.513. The van der Waals surface area contributed by atoms with Crippen LogP contribution in [0.15, 0.2) is 46.0 Å². The van der Waals surface area contributed by atoms with Crippen molar-refractivity contribution in [2.24, 2.45) is 10.4 Å². The first-order valence-electron chi connectivity index (χ1n) is 16.0. The molecule has 0 radical (unpaired) electrons. The number of nitrogens with zero attached hydrogens (tertiary/aromatic N) is 4. The Morgan fingerprint density at radius 2 is 1.98 bits per heavy atom. The molecule has 0 amide bonds. The molecule has 4 heterocycles. The van der Waals surface area contributed by atoms with Crippen LogP contribution < -0.4 is 5.32 Å². The molecule has 2 aromatic rings. The molecule has 1 N–H and O–H groups in total. The molecule has 0 bridgehead atoms. The monoisotopic (exact) mass is 655 g/mol. The molecule has 3 aliphatic rings. The van der Waals surface area contributed by atoms with E-state index in [1.54, 1.807) is 26.1 Å². The first kappa shape index (κ1) is 34.2. The Bertz CT molecular complexity index is 1490. The topological polar surface area (TPSA) is 106 Å². The number of thiazole rings is 1. The molecule has 0 spiro atoms. The van der Waals surface area contributed by atoms with Crippen LogP contribution >= 0.6 is 11.3 Å². The van der Waals surface area contributed by atoms with Crippen LogP contribution in [0.25, 0.3) is 0 Å². The number of esters is 2. The minimum absolute atomic E-state index is 0.0690. The number of piperidine rings is 1. The third-order valence-corrected chi connectivity index (χ3v) is 9.36. The van der Waals surface area contributed by atoms with E-state index in [4.69, 9.17) is 19.2 Å². The van der Waals surface area contributed by atoms with Gasteiger partial charge in [-0.2, -0.15) is 0 Å². The van der Waals surface area contributed by atoms with Gasteiger partial charge >= 0.3 is 11.9 Å². The van der Waals surface area contributed by atoms with E-state index in [9.17, 15) is 14.0 Å². The minimum Gasteiger partial charge on any atom is -0.463 e. The van der Waals surface area contributed by atoms with Crippen molar-refractivity contribution >= 4 is 29.1 Å². The molecule has 46 heavy (non-hydrogen) atoms. The van der Waals surface area contributed by atoms with E-state index >= 15 is 0 Å². The molecule has 2 saturated heterocycles. The predicted octanol–water partition coefficient (Wildman–Crippen LogP) is 4.64. The van der Waals surface area contributed by atoms with Crippen LogP contribution in [-0.4, -0.2) is 96.2 Å². The number of nitrogens with one attached hydrogen (secondary N) is 1. The van der Waals surface area contributed by atoms with Gasteiger partial charge in [-0.3, -0.25) is 19.6 Å². The highest BCUT2D eigenvalue weighted by molar-refractivity contribution is 7.11. The van der Waals surface area contributed by atoms with Crippen LogP contribution in [0.3, 0.4) is 0 Å². The van der Waals surface area contributed by atoms with Gasteiger partial charge < -0.3 is 19.5 Å². The SMILES string of the molecule is CCOC(=O)C1=C(CN2CCO[C@@H]3CN(CC(C)(C)C(=O)OC(C)(C)C)CC[C@@H]32)NC(c2nccs2)=NC1c1cccc(F)c1C. The van der Waals surface area contributed by atoms with E-state index in [0.29, 0.717) is 66.0 Å². The number of amidine groups is 1. The summed E-state index contributed by atoms with van der Waals surface area (Å²) in [7, 11) is 0. The minimum atomic E-state index is -0.765. The van der Waals surface area contributed by atoms with Crippen LogP contribution in [-0.2, 0) is 23.8 Å². The molecule has 5 rings (SSSR count). The molecule has 1 aromatic heterocycles. The summed E-state index contributed by atoms with van der Waals surface area (Å²) in [5.41, 5.74) is 0.865. The highest BCUT2D eigenvalue weighted by Crippen LogP contribution is 2.36. The largest absolute Gasteiger partial charge is 0.463 e. The van der Waals surface area contributed by atoms with Crippen molar-refractivity contribution in [3.8, 4) is 0 Å². The first-order chi connectivity index (χ1) is 21.8. The average molecular weight is 656 g/mol. The number of morpholine rings is 1. The number of carbonyl (C=O) groups is 2. The summed E-state index contributed by atoms with van der Waals surface area (Å²) in [4.78, 5) is 40.6. The average Bonchev–Trinajstić information content (AvgIpc) is 3.53. The second-order valence-electron chi connectivity index (χ2n) is 13.8. The first-order valence-corrected chi connectivity index (χ1v) is 16.9. The molecule has 1 unspecified atom stereocenters. The Morgan fingerprint density at radius 1 is 1.20 bits per heavy atom. The molecule has 250 valence electrons. The van der Waals surface area contributed by atoms with Crippen molar-refractivity contribution in [3.63, 3.8) is 0 Å². The maximum absolute atomic E-state index is 14.8. The Kier molecular flexibility index (Phi) is 10.3. The predicted molar refractivity (Wildman–Crippen MR) is 175 cm³/mol. The molecule has 0 aliphatic carbocycles. The number of benzene rings is 1. The highest BCUT2D eigenvalue weighted by Gasteiger charge is 2.42. The van der Waals surface area contributed by atoms with Gasteiger partial charge in [0, 0.05) is 49.5 Å². The number of rotatable bonds is 9. The summed E-state index contributed by atoms with van der Waals surface area (Å²) in [6, 6.07) is 4.20. The van der Waals surface area contributed by atoms with Crippen LogP contribution in [0, 0.1) is 18.2 Å². The Labute approximate surface area is 275 Å². The van der Waals surface area contributed by atoms with Gasteiger partial charge in [0.1, 0.15) is 17.5 Å². The number of fused-ring (bicyclic) bond motifs is 1. The lowest BCUT2D eigenvalue weighted by Gasteiger charge is -2.48. The van der Waals surface area contributed by atoms with Crippen LogP contribution in [0.2, 0.25) is 0 Å². The lowest BCUT2D eigenvalue weighted by atomic mass is 9.89. The summed E-state index contributed by atoms with van der Waals surface area (Å²) < 4.78 is 32.4. The van der Waals surface area contributed by atoms with Crippen molar-refractivity contribution in [3.05, 3.63) is 63.0 Å². The number of aliphatic imine (C=N–C) groups is 1. The zero-order chi connectivity index (χ0) is 33.2. The number of aromatic nitrogens is 1. The van der Waals surface area contributed by atoms with Gasteiger partial charge in [0.05, 0.1) is 30.3 Å². The third-order valence-electron chi connectivity index (χ3n) is 8.58. The maximum Gasteiger partial charge on any atom is 0.338 e. The molecule has 3 aliphatic heterocycles. The Balaban J connectivity index is 1.41. The van der Waals surface area contributed by atoms with Crippen LogP contribution in [0.1, 0.15) is 70.1 Å². The second kappa shape index (κ2) is 13.9. The fraction of sp³-hybridized carbons (Fsp3) is 0.588. The van der Waals surface area contributed by atoms with Gasteiger partial charge in [-0.05, 0) is 78.6 Å². The van der Waals surface area contributed by atoms with E-state index in [1.807, 2.05) is 46.1 Å². The van der Waals surface area contributed by atoms with Gasteiger partial charge in [0.2, 0.25) is 0 Å². The number of hydrogen-bond acceptors (Lipinski definition) is 11. The molecular formula is C34H46FN5O5S. The summed E-state index contributed by atoms with van der Waals surface area (Å²) in [6.07, 6.45) is 2.47. The highest BCUT2D eigenvalue weighted by atomic mass is 32.1. The molecule has 0 saturated carbocycles. The molecule has 1 aromatic carbocycles. The standard InChI is InChI=1S/C34H46FN5O5S/c1-8-43-31(41)27-24(37-29(30-36-13-17-46-30)38-28(27)22-10-9-11-23(35)21(22)2)18-40-15-16-44-26-19-39(14-12-25(26)40)20-34(6,7)32(42)45-33(3,4)5/h9-11,13,17,25-26,28H,8,12,14-16,18-20H2,1-7H3,(H,37,38)/t25-,26+,28?/m0/s1. The Hall–Kier alpha value is -3.19. The van der Waals surface area contributed by atoms with Gasteiger partial charge in [0.25, 0.3) is 0 Å². The third kappa shape index (κ3) is 7.67. The summed E-state index contributed by atoms with van der Waals surface area (Å²) >= 11 is 1.44. The number of likely N-dealkylation sites (tertiary alicyclic amines) is 1. The van der Waals surface area contributed by atoms with Crippen molar-refractivity contribution in [1.82, 2.24) is 20.1 Å². The normalized spacial score (nSPS) is 23.0. The lowest BCUT2D eigenvalue weighted by molar-refractivity contribution is -0.168. The summed E-state index contributed by atoms with van der Waals surface area (Å²) in [5, 5.41) is 5.98. The fourth-order valence-corrected chi connectivity index (χ4v) is 6.97. The van der Waals surface area contributed by atoms with E-state index in [0.717, 1.165) is 13.0 Å². The molecule has 10 nitrogen and oxygen atoms in total. The van der Waals surface area contributed by atoms with Crippen molar-refractivity contribution in [1.29, 1.82) is 0 Å². The zero-order valence-electron chi connectivity index (χ0n) is 27.9. The molecular weight excluding hydrogens is 609 g/mol. The van der Waals surface area contributed by atoms with E-state index < -0.39 is 23.0 Å².